The number of aryl methyl sites for hydroxylation is 1. The van der Waals surface area contributed by atoms with Crippen molar-refractivity contribution in [1.82, 2.24) is 9.97 Å². The van der Waals surface area contributed by atoms with Crippen LogP contribution >= 0.6 is 12.6 Å². The van der Waals surface area contributed by atoms with Gasteiger partial charge in [0.15, 0.2) is 0 Å². The standard InChI is InChI=1S/C15H26N2OS/c1-2-3-4-5-8-13-11-16-15(17-12-13)14(19)9-6-7-10-18/h11-12,14,18-19H,2-10H2,1H3. The van der Waals surface area contributed by atoms with Crippen LogP contribution in [0.25, 0.3) is 0 Å². The van der Waals surface area contributed by atoms with E-state index < -0.39 is 0 Å². The van der Waals surface area contributed by atoms with Gasteiger partial charge in [-0.15, -0.1) is 0 Å². The molecule has 0 bridgehead atoms. The van der Waals surface area contributed by atoms with E-state index in [0.717, 1.165) is 31.5 Å². The van der Waals surface area contributed by atoms with Crippen LogP contribution in [-0.4, -0.2) is 21.7 Å². The van der Waals surface area contributed by atoms with Crippen LogP contribution in [-0.2, 0) is 6.42 Å². The van der Waals surface area contributed by atoms with E-state index in [0.29, 0.717) is 0 Å². The largest absolute Gasteiger partial charge is 0.396 e. The Kier molecular flexibility index (Phi) is 8.84. The van der Waals surface area contributed by atoms with Crippen molar-refractivity contribution in [3.63, 3.8) is 0 Å². The van der Waals surface area contributed by atoms with Crippen LogP contribution in [0.3, 0.4) is 0 Å². The zero-order valence-corrected chi connectivity index (χ0v) is 12.8. The van der Waals surface area contributed by atoms with Gasteiger partial charge in [0.2, 0.25) is 0 Å². The quantitative estimate of drug-likeness (QED) is 0.508. The molecule has 0 fully saturated rings. The molecule has 0 radical (unpaired) electrons. The van der Waals surface area contributed by atoms with E-state index in [1.54, 1.807) is 0 Å². The van der Waals surface area contributed by atoms with Crippen molar-refractivity contribution < 1.29 is 5.11 Å². The van der Waals surface area contributed by atoms with Crippen molar-refractivity contribution >= 4 is 12.6 Å². The van der Waals surface area contributed by atoms with Crippen molar-refractivity contribution in [2.75, 3.05) is 6.61 Å². The summed E-state index contributed by atoms with van der Waals surface area (Å²) in [7, 11) is 0. The van der Waals surface area contributed by atoms with E-state index in [-0.39, 0.29) is 11.9 Å². The molecule has 1 aromatic heterocycles. The van der Waals surface area contributed by atoms with E-state index in [4.69, 9.17) is 5.11 Å². The maximum Gasteiger partial charge on any atom is 0.140 e. The van der Waals surface area contributed by atoms with E-state index >= 15 is 0 Å². The minimum absolute atomic E-state index is 0.0840. The van der Waals surface area contributed by atoms with Gasteiger partial charge in [-0.3, -0.25) is 0 Å². The summed E-state index contributed by atoms with van der Waals surface area (Å²) in [5, 5.41) is 8.83. The predicted molar refractivity (Wildman–Crippen MR) is 82.5 cm³/mol. The second-order valence-corrected chi connectivity index (χ2v) is 5.62. The molecule has 0 aliphatic carbocycles. The molecule has 1 aromatic rings. The molecule has 1 N–H and O–H groups in total. The number of rotatable bonds is 10. The molecule has 1 heterocycles. The second kappa shape index (κ2) is 10.2. The number of aliphatic hydroxyl groups is 1. The van der Waals surface area contributed by atoms with Crippen LogP contribution in [0.5, 0.6) is 0 Å². The van der Waals surface area contributed by atoms with Gasteiger partial charge in [-0.05, 0) is 37.7 Å². The Labute approximate surface area is 122 Å². The Morgan fingerprint density at radius 1 is 1.11 bits per heavy atom. The predicted octanol–water partition coefficient (Wildman–Crippen LogP) is 3.73. The fraction of sp³-hybridized carbons (Fsp3) is 0.733. The topological polar surface area (TPSA) is 46.0 Å². The van der Waals surface area contributed by atoms with Gasteiger partial charge in [0.25, 0.3) is 0 Å². The number of nitrogens with zero attached hydrogens (tertiary/aromatic N) is 2. The number of hydrogen-bond donors (Lipinski definition) is 2. The third kappa shape index (κ3) is 6.92. The van der Waals surface area contributed by atoms with Crippen LogP contribution in [0.4, 0.5) is 0 Å². The molecule has 1 unspecified atom stereocenters. The molecule has 3 nitrogen and oxygen atoms in total. The molecule has 0 aliphatic heterocycles. The fourth-order valence-corrected chi connectivity index (χ4v) is 2.32. The molecule has 4 heteroatoms. The SMILES string of the molecule is CCCCCCc1cnc(C(S)CCCCO)nc1. The Bertz CT molecular complexity index is 329. The molecule has 0 saturated heterocycles. The molecule has 1 rings (SSSR count). The van der Waals surface area contributed by atoms with Crippen LogP contribution in [0.1, 0.15) is 68.5 Å². The molecule has 19 heavy (non-hydrogen) atoms. The third-order valence-electron chi connectivity index (χ3n) is 3.23. The van der Waals surface area contributed by atoms with E-state index in [1.807, 2.05) is 12.4 Å². The van der Waals surface area contributed by atoms with Crippen LogP contribution < -0.4 is 0 Å². The lowest BCUT2D eigenvalue weighted by atomic mass is 10.1. The number of aromatic nitrogens is 2. The first-order valence-electron chi connectivity index (χ1n) is 7.37. The van der Waals surface area contributed by atoms with Crippen molar-refractivity contribution in [1.29, 1.82) is 0 Å². The Hall–Kier alpha value is -0.610. The monoisotopic (exact) mass is 282 g/mol. The summed E-state index contributed by atoms with van der Waals surface area (Å²) >= 11 is 4.52. The third-order valence-corrected chi connectivity index (χ3v) is 3.72. The molecule has 0 aromatic carbocycles. The van der Waals surface area contributed by atoms with Crippen LogP contribution in [0.15, 0.2) is 12.4 Å². The average molecular weight is 282 g/mol. The average Bonchev–Trinajstić information content (AvgIpc) is 2.44. The van der Waals surface area contributed by atoms with E-state index in [2.05, 4.69) is 29.5 Å². The van der Waals surface area contributed by atoms with Gasteiger partial charge in [-0.25, -0.2) is 9.97 Å². The van der Waals surface area contributed by atoms with Gasteiger partial charge < -0.3 is 5.11 Å². The fourth-order valence-electron chi connectivity index (χ4n) is 2.00. The van der Waals surface area contributed by atoms with E-state index in [1.165, 1.54) is 31.2 Å². The number of hydrogen-bond acceptors (Lipinski definition) is 4. The minimum Gasteiger partial charge on any atom is -0.396 e. The summed E-state index contributed by atoms with van der Waals surface area (Å²) < 4.78 is 0. The minimum atomic E-state index is 0.0840. The van der Waals surface area contributed by atoms with Gasteiger partial charge >= 0.3 is 0 Å². The lowest BCUT2D eigenvalue weighted by molar-refractivity contribution is 0.283. The zero-order valence-electron chi connectivity index (χ0n) is 11.9. The van der Waals surface area contributed by atoms with Crippen LogP contribution in [0, 0.1) is 0 Å². The Balaban J connectivity index is 2.33. The molecule has 108 valence electrons. The number of unbranched alkanes of at least 4 members (excludes halogenated alkanes) is 4. The van der Waals surface area contributed by atoms with Gasteiger partial charge in [-0.1, -0.05) is 26.2 Å². The Morgan fingerprint density at radius 2 is 1.84 bits per heavy atom. The Morgan fingerprint density at radius 3 is 2.47 bits per heavy atom. The van der Waals surface area contributed by atoms with Gasteiger partial charge in [0.1, 0.15) is 5.82 Å². The van der Waals surface area contributed by atoms with Gasteiger partial charge in [-0.2, -0.15) is 12.6 Å². The first-order chi connectivity index (χ1) is 9.27. The maximum absolute atomic E-state index is 8.75. The van der Waals surface area contributed by atoms with E-state index in [9.17, 15) is 0 Å². The van der Waals surface area contributed by atoms with Crippen molar-refractivity contribution in [3.05, 3.63) is 23.8 Å². The summed E-state index contributed by atoms with van der Waals surface area (Å²) in [4.78, 5) is 8.81. The molecular formula is C15H26N2OS. The normalized spacial score (nSPS) is 12.6. The summed E-state index contributed by atoms with van der Waals surface area (Å²) in [5.74, 6) is 0.804. The lowest BCUT2D eigenvalue weighted by Gasteiger charge is -2.09. The maximum atomic E-state index is 8.75. The summed E-state index contributed by atoms with van der Waals surface area (Å²) in [6, 6.07) is 0. The number of thiol groups is 1. The highest BCUT2D eigenvalue weighted by Gasteiger charge is 2.09. The summed E-state index contributed by atoms with van der Waals surface area (Å²) in [6.45, 7) is 2.47. The van der Waals surface area contributed by atoms with Gasteiger partial charge in [0.05, 0.1) is 5.25 Å². The first-order valence-corrected chi connectivity index (χ1v) is 7.89. The first kappa shape index (κ1) is 16.4. The highest BCUT2D eigenvalue weighted by Crippen LogP contribution is 2.22. The molecule has 0 spiro atoms. The number of aliphatic hydroxyl groups excluding tert-OH is 1. The summed E-state index contributed by atoms with van der Waals surface area (Å²) in [6.07, 6.45) is 12.7. The highest BCUT2D eigenvalue weighted by molar-refractivity contribution is 7.80. The molecule has 0 saturated carbocycles. The van der Waals surface area contributed by atoms with Crippen molar-refractivity contribution in [2.24, 2.45) is 0 Å². The molecule has 0 aliphatic rings. The summed E-state index contributed by atoms with van der Waals surface area (Å²) in [5.41, 5.74) is 1.22. The molecular weight excluding hydrogens is 256 g/mol. The van der Waals surface area contributed by atoms with Crippen molar-refractivity contribution in [2.45, 2.75) is 63.5 Å². The van der Waals surface area contributed by atoms with Crippen molar-refractivity contribution in [3.8, 4) is 0 Å². The van der Waals surface area contributed by atoms with Crippen LogP contribution in [0.2, 0.25) is 0 Å². The molecule has 0 amide bonds. The second-order valence-electron chi connectivity index (χ2n) is 5.00. The highest BCUT2D eigenvalue weighted by atomic mass is 32.1. The zero-order chi connectivity index (χ0) is 13.9. The smallest absolute Gasteiger partial charge is 0.140 e. The van der Waals surface area contributed by atoms with Gasteiger partial charge in [0, 0.05) is 19.0 Å². The molecule has 1 atom stereocenters. The lowest BCUT2D eigenvalue weighted by Crippen LogP contribution is -2.00.